The highest BCUT2D eigenvalue weighted by molar-refractivity contribution is 9.09. The molecule has 110 valence electrons. The van der Waals surface area contributed by atoms with E-state index in [1.54, 1.807) is 6.92 Å². The molecule has 2 rings (SSSR count). The number of halogens is 1. The molecule has 0 bridgehead atoms. The summed E-state index contributed by atoms with van der Waals surface area (Å²) in [5.74, 6) is 0. The van der Waals surface area contributed by atoms with E-state index in [4.69, 9.17) is 0 Å². The first-order valence-corrected chi connectivity index (χ1v) is 7.61. The van der Waals surface area contributed by atoms with E-state index in [0.29, 0.717) is 11.9 Å². The van der Waals surface area contributed by atoms with Crippen LogP contribution in [0.2, 0.25) is 0 Å². The number of alkyl halides is 1. The van der Waals surface area contributed by atoms with Crippen molar-refractivity contribution >= 4 is 21.6 Å². The Morgan fingerprint density at radius 3 is 2.50 bits per heavy atom. The second kappa shape index (κ2) is 5.51. The van der Waals surface area contributed by atoms with Gasteiger partial charge < -0.3 is 0 Å². The van der Waals surface area contributed by atoms with Crippen molar-refractivity contribution in [3.05, 3.63) is 37.1 Å². The Balaban J connectivity index is 2.56. The summed E-state index contributed by atoms with van der Waals surface area (Å²) in [7, 11) is 0. The molecular weight excluding hydrogens is 330 g/mol. The highest BCUT2D eigenvalue weighted by Gasteiger charge is 2.37. The van der Waals surface area contributed by atoms with Crippen molar-refractivity contribution < 1.29 is 4.92 Å². The zero-order valence-electron chi connectivity index (χ0n) is 11.2. The largest absolute Gasteiger partial charge is 0.350 e. The summed E-state index contributed by atoms with van der Waals surface area (Å²) >= 11 is 3.41. The molecule has 0 aliphatic heterocycles. The van der Waals surface area contributed by atoms with Crippen LogP contribution in [0, 0.1) is 15.5 Å². The molecule has 0 atom stereocenters. The van der Waals surface area contributed by atoms with Gasteiger partial charge in [-0.15, -0.1) is 0 Å². The summed E-state index contributed by atoms with van der Waals surface area (Å²) in [4.78, 5) is 34.6. The van der Waals surface area contributed by atoms with Crippen LogP contribution < -0.4 is 11.2 Å². The molecule has 0 amide bonds. The minimum atomic E-state index is -0.808. The molecule has 1 aliphatic carbocycles. The molecule has 1 fully saturated rings. The third kappa shape index (κ3) is 2.44. The lowest BCUT2D eigenvalue weighted by atomic mass is 9.70. The molecule has 20 heavy (non-hydrogen) atoms. The fourth-order valence-electron chi connectivity index (χ4n) is 2.48. The van der Waals surface area contributed by atoms with Gasteiger partial charge in [0.15, 0.2) is 0 Å². The topological polar surface area (TPSA) is 87.1 Å². The van der Waals surface area contributed by atoms with Crippen LogP contribution in [0.5, 0.6) is 0 Å². The zero-order valence-corrected chi connectivity index (χ0v) is 12.8. The standard InChI is InChI=1S/C12H16BrN3O4/c1-2-14-6-9(16(19)20)10(17)15(11(14)18)8-12(7-13)4-3-5-12/h6H,2-5,7-8H2,1H3. The van der Waals surface area contributed by atoms with E-state index in [2.05, 4.69) is 15.9 Å². The molecule has 0 saturated heterocycles. The minimum Gasteiger partial charge on any atom is -0.294 e. The molecule has 1 aromatic rings. The summed E-state index contributed by atoms with van der Waals surface area (Å²) in [5, 5.41) is 11.6. The summed E-state index contributed by atoms with van der Waals surface area (Å²) in [6.45, 7) is 2.24. The summed E-state index contributed by atoms with van der Waals surface area (Å²) in [6, 6.07) is 0. The van der Waals surface area contributed by atoms with Crippen LogP contribution in [0.4, 0.5) is 5.69 Å². The van der Waals surface area contributed by atoms with Crippen molar-refractivity contribution in [1.29, 1.82) is 0 Å². The van der Waals surface area contributed by atoms with Crippen LogP contribution >= 0.6 is 15.9 Å². The maximum absolute atomic E-state index is 12.2. The molecule has 0 radical (unpaired) electrons. The van der Waals surface area contributed by atoms with Crippen LogP contribution in [-0.2, 0) is 13.1 Å². The quantitative estimate of drug-likeness (QED) is 0.459. The summed E-state index contributed by atoms with van der Waals surface area (Å²) < 4.78 is 2.22. The van der Waals surface area contributed by atoms with Crippen molar-refractivity contribution in [1.82, 2.24) is 9.13 Å². The lowest BCUT2D eigenvalue weighted by Gasteiger charge is -2.40. The average molecular weight is 346 g/mol. The predicted molar refractivity (Wildman–Crippen MR) is 77.4 cm³/mol. The van der Waals surface area contributed by atoms with E-state index < -0.39 is 21.9 Å². The maximum atomic E-state index is 12.2. The number of aromatic nitrogens is 2. The Morgan fingerprint density at radius 2 is 2.10 bits per heavy atom. The van der Waals surface area contributed by atoms with Crippen molar-refractivity contribution in [3.8, 4) is 0 Å². The molecule has 1 aliphatic rings. The van der Waals surface area contributed by atoms with E-state index in [1.165, 1.54) is 4.57 Å². The van der Waals surface area contributed by atoms with Gasteiger partial charge in [0.1, 0.15) is 0 Å². The Bertz CT molecular complexity index is 640. The molecule has 1 heterocycles. The first-order chi connectivity index (χ1) is 9.44. The first-order valence-electron chi connectivity index (χ1n) is 6.49. The second-order valence-corrected chi connectivity index (χ2v) is 5.78. The molecule has 1 aromatic heterocycles. The SMILES string of the molecule is CCn1cc([N+](=O)[O-])c(=O)n(CC2(CBr)CCC2)c1=O. The highest BCUT2D eigenvalue weighted by Crippen LogP contribution is 2.43. The number of aryl methyl sites for hydroxylation is 1. The second-order valence-electron chi connectivity index (χ2n) is 5.22. The molecule has 7 nitrogen and oxygen atoms in total. The number of hydrogen-bond donors (Lipinski definition) is 0. The highest BCUT2D eigenvalue weighted by atomic mass is 79.9. The van der Waals surface area contributed by atoms with Gasteiger partial charge >= 0.3 is 16.9 Å². The van der Waals surface area contributed by atoms with Crippen molar-refractivity contribution in [3.63, 3.8) is 0 Å². The normalized spacial score (nSPS) is 16.7. The Hall–Kier alpha value is -1.44. The fraction of sp³-hybridized carbons (Fsp3) is 0.667. The summed E-state index contributed by atoms with van der Waals surface area (Å²) in [5.41, 5.74) is -1.97. The molecule has 0 unspecified atom stereocenters. The van der Waals surface area contributed by atoms with Gasteiger partial charge in [0.05, 0.1) is 11.1 Å². The van der Waals surface area contributed by atoms with Gasteiger partial charge in [0, 0.05) is 18.4 Å². The van der Waals surface area contributed by atoms with E-state index in [-0.39, 0.29) is 12.0 Å². The molecule has 0 N–H and O–H groups in total. The number of nitrogens with zero attached hydrogens (tertiary/aromatic N) is 3. The number of rotatable bonds is 5. The van der Waals surface area contributed by atoms with Crippen molar-refractivity contribution in [2.24, 2.45) is 5.41 Å². The molecule has 0 aromatic carbocycles. The van der Waals surface area contributed by atoms with Gasteiger partial charge in [-0.2, -0.15) is 0 Å². The first kappa shape index (κ1) is 15.0. The van der Waals surface area contributed by atoms with Gasteiger partial charge in [-0.3, -0.25) is 24.0 Å². The average Bonchev–Trinajstić information content (AvgIpc) is 2.37. The van der Waals surface area contributed by atoms with Gasteiger partial charge in [-0.05, 0) is 25.2 Å². The maximum Gasteiger partial charge on any atom is 0.350 e. The van der Waals surface area contributed by atoms with E-state index >= 15 is 0 Å². The molecule has 0 spiro atoms. The molecule has 1 saturated carbocycles. The number of hydrogen-bond acceptors (Lipinski definition) is 4. The van der Waals surface area contributed by atoms with Crippen LogP contribution in [-0.4, -0.2) is 19.4 Å². The Kier molecular flexibility index (Phi) is 4.12. The third-order valence-corrected chi connectivity index (χ3v) is 5.14. The van der Waals surface area contributed by atoms with Crippen LogP contribution in [0.15, 0.2) is 15.8 Å². The lowest BCUT2D eigenvalue weighted by Crippen LogP contribution is -2.47. The number of nitro groups is 1. The summed E-state index contributed by atoms with van der Waals surface area (Å²) in [6.07, 6.45) is 3.91. The van der Waals surface area contributed by atoms with E-state index in [9.17, 15) is 19.7 Å². The Morgan fingerprint density at radius 1 is 1.45 bits per heavy atom. The fourth-order valence-corrected chi connectivity index (χ4v) is 3.21. The van der Waals surface area contributed by atoms with Crippen LogP contribution in [0.25, 0.3) is 0 Å². The smallest absolute Gasteiger partial charge is 0.294 e. The minimum absolute atomic E-state index is 0.135. The molecular formula is C12H16BrN3O4. The predicted octanol–water partition coefficient (Wildman–Crippen LogP) is 1.50. The Labute approximate surface area is 123 Å². The van der Waals surface area contributed by atoms with Crippen LogP contribution in [0.3, 0.4) is 0 Å². The van der Waals surface area contributed by atoms with E-state index in [1.807, 2.05) is 0 Å². The van der Waals surface area contributed by atoms with Crippen molar-refractivity contribution in [2.75, 3.05) is 5.33 Å². The van der Waals surface area contributed by atoms with Gasteiger partial charge in [0.2, 0.25) is 0 Å². The lowest BCUT2D eigenvalue weighted by molar-refractivity contribution is -0.387. The van der Waals surface area contributed by atoms with Crippen LogP contribution in [0.1, 0.15) is 26.2 Å². The monoisotopic (exact) mass is 345 g/mol. The van der Waals surface area contributed by atoms with Gasteiger partial charge in [-0.1, -0.05) is 22.4 Å². The van der Waals surface area contributed by atoms with E-state index in [0.717, 1.165) is 30.0 Å². The van der Waals surface area contributed by atoms with Gasteiger partial charge in [0.25, 0.3) is 0 Å². The third-order valence-electron chi connectivity index (χ3n) is 3.95. The zero-order chi connectivity index (χ0) is 14.9. The molecule has 8 heteroatoms. The van der Waals surface area contributed by atoms with Crippen molar-refractivity contribution in [2.45, 2.75) is 39.3 Å². The van der Waals surface area contributed by atoms with Gasteiger partial charge in [-0.25, -0.2) is 4.79 Å².